The molecule has 0 aliphatic carbocycles. The minimum absolute atomic E-state index is 0.213. The van der Waals surface area contributed by atoms with Crippen molar-refractivity contribution in [1.82, 2.24) is 9.80 Å². The lowest BCUT2D eigenvalue weighted by molar-refractivity contribution is 0.131. The summed E-state index contributed by atoms with van der Waals surface area (Å²) in [6.07, 6.45) is 0. The minimum Gasteiger partial charge on any atom is -0.496 e. The third kappa shape index (κ3) is 2.63. The van der Waals surface area contributed by atoms with Crippen molar-refractivity contribution in [2.75, 3.05) is 40.3 Å². The molecule has 96 valence electrons. The van der Waals surface area contributed by atoms with Gasteiger partial charge in [0.25, 0.3) is 0 Å². The van der Waals surface area contributed by atoms with E-state index in [0.29, 0.717) is 0 Å². The van der Waals surface area contributed by atoms with Gasteiger partial charge in [-0.3, -0.25) is 4.90 Å². The van der Waals surface area contributed by atoms with E-state index in [-0.39, 0.29) is 6.04 Å². The zero-order valence-corrected chi connectivity index (χ0v) is 11.0. The Morgan fingerprint density at radius 1 is 1.22 bits per heavy atom. The predicted octanol–water partition coefficient (Wildman–Crippen LogP) is 1.51. The Bertz CT molecular complexity index is 433. The number of nitriles is 1. The molecule has 0 aromatic heterocycles. The Hall–Kier alpha value is -1.57. The summed E-state index contributed by atoms with van der Waals surface area (Å²) in [6, 6.07) is 9.97. The summed E-state index contributed by atoms with van der Waals surface area (Å²) in [6.45, 7) is 3.86. The van der Waals surface area contributed by atoms with E-state index in [9.17, 15) is 5.26 Å². The lowest BCUT2D eigenvalue weighted by Crippen LogP contribution is -2.45. The zero-order valence-electron chi connectivity index (χ0n) is 11.0. The van der Waals surface area contributed by atoms with Gasteiger partial charge >= 0.3 is 0 Å². The third-order valence-corrected chi connectivity index (χ3v) is 3.46. The van der Waals surface area contributed by atoms with Crippen molar-refractivity contribution >= 4 is 0 Å². The lowest BCUT2D eigenvalue weighted by Gasteiger charge is -2.35. The fourth-order valence-electron chi connectivity index (χ4n) is 2.32. The average Bonchev–Trinajstić information content (AvgIpc) is 2.42. The maximum Gasteiger partial charge on any atom is 0.127 e. The van der Waals surface area contributed by atoms with Crippen LogP contribution in [0.3, 0.4) is 0 Å². The molecule has 1 aromatic carbocycles. The third-order valence-electron chi connectivity index (χ3n) is 3.46. The average molecular weight is 245 g/mol. The number of rotatable bonds is 3. The Morgan fingerprint density at radius 3 is 2.50 bits per heavy atom. The fraction of sp³-hybridized carbons (Fsp3) is 0.500. The number of nitrogens with zero attached hydrogens (tertiary/aromatic N) is 3. The first kappa shape index (κ1) is 12.9. The molecule has 1 aromatic rings. The number of hydrogen-bond acceptors (Lipinski definition) is 4. The molecular formula is C14H19N3O. The number of ether oxygens (including phenoxy) is 1. The highest BCUT2D eigenvalue weighted by molar-refractivity contribution is 5.38. The highest BCUT2D eigenvalue weighted by Crippen LogP contribution is 2.29. The molecule has 2 rings (SSSR count). The van der Waals surface area contributed by atoms with E-state index in [0.717, 1.165) is 37.5 Å². The fourth-order valence-corrected chi connectivity index (χ4v) is 2.32. The molecule has 1 saturated heterocycles. The van der Waals surface area contributed by atoms with Gasteiger partial charge in [0.1, 0.15) is 11.8 Å². The van der Waals surface area contributed by atoms with E-state index in [1.807, 2.05) is 24.3 Å². The molecule has 0 radical (unpaired) electrons. The zero-order chi connectivity index (χ0) is 13.0. The van der Waals surface area contributed by atoms with Crippen LogP contribution in [0, 0.1) is 11.3 Å². The topological polar surface area (TPSA) is 39.5 Å². The quantitative estimate of drug-likeness (QED) is 0.809. The molecule has 4 heteroatoms. The smallest absolute Gasteiger partial charge is 0.127 e. The summed E-state index contributed by atoms with van der Waals surface area (Å²) in [5.74, 6) is 0.794. The molecule has 1 fully saturated rings. The van der Waals surface area contributed by atoms with Gasteiger partial charge in [0, 0.05) is 31.7 Å². The normalized spacial score (nSPS) is 19.2. The van der Waals surface area contributed by atoms with Crippen molar-refractivity contribution in [3.8, 4) is 11.8 Å². The first-order valence-corrected chi connectivity index (χ1v) is 6.21. The SMILES string of the molecule is COc1ccccc1C(C#N)N1CCN(C)CC1. The second-order valence-electron chi connectivity index (χ2n) is 4.61. The maximum atomic E-state index is 9.46. The van der Waals surface area contributed by atoms with E-state index in [4.69, 9.17) is 4.74 Å². The number of likely N-dealkylation sites (N-methyl/N-ethyl adjacent to an activating group) is 1. The van der Waals surface area contributed by atoms with Crippen molar-refractivity contribution in [2.24, 2.45) is 0 Å². The van der Waals surface area contributed by atoms with E-state index in [1.54, 1.807) is 7.11 Å². The summed E-state index contributed by atoms with van der Waals surface area (Å²) in [5.41, 5.74) is 0.965. The van der Waals surface area contributed by atoms with E-state index >= 15 is 0 Å². The number of benzene rings is 1. The van der Waals surface area contributed by atoms with Crippen LogP contribution >= 0.6 is 0 Å². The number of piperazine rings is 1. The molecule has 0 N–H and O–H groups in total. The van der Waals surface area contributed by atoms with Crippen molar-refractivity contribution in [3.05, 3.63) is 29.8 Å². The summed E-state index contributed by atoms with van der Waals surface area (Å²) in [7, 11) is 3.76. The Kier molecular flexibility index (Phi) is 4.19. The van der Waals surface area contributed by atoms with Crippen molar-refractivity contribution in [2.45, 2.75) is 6.04 Å². The standard InChI is InChI=1S/C14H19N3O/c1-16-7-9-17(10-8-16)13(11-15)12-5-3-4-6-14(12)18-2/h3-6,13H,7-10H2,1-2H3. The number of para-hydroxylation sites is 1. The van der Waals surface area contributed by atoms with E-state index in [2.05, 4.69) is 22.9 Å². The molecule has 0 saturated carbocycles. The summed E-state index contributed by atoms with van der Waals surface area (Å²) >= 11 is 0. The molecule has 0 bridgehead atoms. The Balaban J connectivity index is 2.20. The molecule has 0 spiro atoms. The van der Waals surface area contributed by atoms with Gasteiger partial charge < -0.3 is 9.64 Å². The summed E-state index contributed by atoms with van der Waals surface area (Å²) < 4.78 is 5.35. The van der Waals surface area contributed by atoms with Gasteiger partial charge in [-0.05, 0) is 13.1 Å². The van der Waals surface area contributed by atoms with Crippen molar-refractivity contribution in [1.29, 1.82) is 5.26 Å². The monoisotopic (exact) mass is 245 g/mol. The van der Waals surface area contributed by atoms with Gasteiger partial charge in [0.15, 0.2) is 0 Å². The van der Waals surface area contributed by atoms with Gasteiger partial charge in [-0.15, -0.1) is 0 Å². The summed E-state index contributed by atoms with van der Waals surface area (Å²) in [5, 5.41) is 9.46. The molecule has 0 amide bonds. The largest absolute Gasteiger partial charge is 0.496 e. The molecule has 1 atom stereocenters. The van der Waals surface area contributed by atoms with Crippen molar-refractivity contribution in [3.63, 3.8) is 0 Å². The maximum absolute atomic E-state index is 9.46. The highest BCUT2D eigenvalue weighted by Gasteiger charge is 2.25. The van der Waals surface area contributed by atoms with Crippen molar-refractivity contribution < 1.29 is 4.74 Å². The molecule has 1 aliphatic rings. The summed E-state index contributed by atoms with van der Waals surface area (Å²) in [4.78, 5) is 4.50. The molecule has 1 aliphatic heterocycles. The van der Waals surface area contributed by atoms with Crippen LogP contribution in [0.1, 0.15) is 11.6 Å². The molecular weight excluding hydrogens is 226 g/mol. The second kappa shape index (κ2) is 5.85. The predicted molar refractivity (Wildman–Crippen MR) is 70.4 cm³/mol. The van der Waals surface area contributed by atoms with E-state index < -0.39 is 0 Å². The van der Waals surface area contributed by atoms with Crippen LogP contribution in [0.2, 0.25) is 0 Å². The van der Waals surface area contributed by atoms with Gasteiger partial charge in [-0.25, -0.2) is 0 Å². The highest BCUT2D eigenvalue weighted by atomic mass is 16.5. The first-order chi connectivity index (χ1) is 8.76. The number of hydrogen-bond donors (Lipinski definition) is 0. The van der Waals surface area contributed by atoms with Crippen LogP contribution in [0.15, 0.2) is 24.3 Å². The Labute approximate surface area is 108 Å². The first-order valence-electron chi connectivity index (χ1n) is 6.21. The van der Waals surface area contributed by atoms with Gasteiger partial charge in [-0.1, -0.05) is 18.2 Å². The van der Waals surface area contributed by atoms with Gasteiger partial charge in [0.05, 0.1) is 13.2 Å². The Morgan fingerprint density at radius 2 is 1.89 bits per heavy atom. The second-order valence-corrected chi connectivity index (χ2v) is 4.61. The van der Waals surface area contributed by atoms with Crippen LogP contribution in [-0.2, 0) is 0 Å². The van der Waals surface area contributed by atoms with Crippen LogP contribution < -0.4 is 4.74 Å². The van der Waals surface area contributed by atoms with E-state index in [1.165, 1.54) is 0 Å². The molecule has 4 nitrogen and oxygen atoms in total. The minimum atomic E-state index is -0.213. The lowest BCUT2D eigenvalue weighted by atomic mass is 10.0. The van der Waals surface area contributed by atoms with Crippen LogP contribution in [0.25, 0.3) is 0 Å². The van der Waals surface area contributed by atoms with Crippen LogP contribution in [0.4, 0.5) is 0 Å². The number of methoxy groups -OCH3 is 1. The molecule has 1 heterocycles. The molecule has 18 heavy (non-hydrogen) atoms. The van der Waals surface area contributed by atoms with Gasteiger partial charge in [-0.2, -0.15) is 5.26 Å². The van der Waals surface area contributed by atoms with Gasteiger partial charge in [0.2, 0.25) is 0 Å². The van der Waals surface area contributed by atoms with Crippen LogP contribution in [0.5, 0.6) is 5.75 Å². The van der Waals surface area contributed by atoms with Crippen LogP contribution in [-0.4, -0.2) is 50.1 Å². The molecule has 1 unspecified atom stereocenters.